The van der Waals surface area contributed by atoms with Crippen LogP contribution in [0.3, 0.4) is 0 Å². The van der Waals surface area contributed by atoms with Crippen LogP contribution in [0.1, 0.15) is 59.8 Å². The monoisotopic (exact) mass is 214 g/mol. The van der Waals surface area contributed by atoms with Crippen LogP contribution in [0.25, 0.3) is 0 Å². The summed E-state index contributed by atoms with van der Waals surface area (Å²) < 4.78 is 5.98. The highest BCUT2D eigenvalue weighted by atomic mass is 16.5. The molecule has 0 aromatic carbocycles. The Kier molecular flexibility index (Phi) is 4.19. The van der Waals surface area contributed by atoms with Crippen molar-refractivity contribution < 1.29 is 9.84 Å². The Morgan fingerprint density at radius 3 is 2.20 bits per heavy atom. The predicted molar refractivity (Wildman–Crippen MR) is 62.9 cm³/mol. The molecule has 0 spiro atoms. The van der Waals surface area contributed by atoms with Crippen LogP contribution in [-0.4, -0.2) is 23.4 Å². The summed E-state index contributed by atoms with van der Waals surface area (Å²) in [5.74, 6) is 0. The van der Waals surface area contributed by atoms with Gasteiger partial charge in [0.15, 0.2) is 0 Å². The van der Waals surface area contributed by atoms with Gasteiger partial charge in [-0.15, -0.1) is 0 Å². The zero-order valence-electron chi connectivity index (χ0n) is 10.7. The molecule has 0 aromatic rings. The summed E-state index contributed by atoms with van der Waals surface area (Å²) >= 11 is 0. The van der Waals surface area contributed by atoms with E-state index in [1.165, 1.54) is 12.8 Å². The maximum atomic E-state index is 9.30. The molecule has 1 N–H and O–H groups in total. The smallest absolute Gasteiger partial charge is 0.0745 e. The maximum absolute atomic E-state index is 9.30. The van der Waals surface area contributed by atoms with Gasteiger partial charge in [0, 0.05) is 0 Å². The third kappa shape index (κ3) is 4.52. The lowest BCUT2D eigenvalue weighted by atomic mass is 9.81. The molecule has 90 valence electrons. The van der Waals surface area contributed by atoms with Crippen molar-refractivity contribution in [2.75, 3.05) is 6.61 Å². The van der Waals surface area contributed by atoms with Crippen LogP contribution in [0.15, 0.2) is 0 Å². The van der Waals surface area contributed by atoms with Gasteiger partial charge in [-0.25, -0.2) is 0 Å². The normalized spacial score (nSPS) is 23.0. The van der Waals surface area contributed by atoms with E-state index in [9.17, 15) is 5.11 Å². The van der Waals surface area contributed by atoms with Gasteiger partial charge >= 0.3 is 0 Å². The summed E-state index contributed by atoms with van der Waals surface area (Å²) in [6.45, 7) is 9.06. The summed E-state index contributed by atoms with van der Waals surface area (Å²) in [5.41, 5.74) is 0.359. The number of hydrogen-bond acceptors (Lipinski definition) is 2. The van der Waals surface area contributed by atoms with Gasteiger partial charge in [0.2, 0.25) is 0 Å². The van der Waals surface area contributed by atoms with Crippen molar-refractivity contribution in [3.8, 4) is 0 Å². The van der Waals surface area contributed by atoms with E-state index in [4.69, 9.17) is 4.74 Å². The van der Waals surface area contributed by atoms with Gasteiger partial charge in [0.1, 0.15) is 0 Å². The second kappa shape index (κ2) is 4.84. The Morgan fingerprint density at radius 2 is 1.80 bits per heavy atom. The number of aliphatic hydroxyl groups is 1. The Balaban J connectivity index is 2.54. The second-order valence-electron chi connectivity index (χ2n) is 6.29. The third-order valence-corrected chi connectivity index (χ3v) is 3.00. The Labute approximate surface area is 94.0 Å². The van der Waals surface area contributed by atoms with E-state index in [-0.39, 0.29) is 11.7 Å². The standard InChI is InChI=1S/C13H26O2/c1-11(14)9-15-13(7-5-6-8-13)10-12(2,3)4/h11,14H,5-10H2,1-4H3. The first kappa shape index (κ1) is 13.0. The quantitative estimate of drug-likeness (QED) is 0.779. The van der Waals surface area contributed by atoms with Crippen LogP contribution in [0.4, 0.5) is 0 Å². The van der Waals surface area contributed by atoms with E-state index in [0.717, 1.165) is 19.3 Å². The van der Waals surface area contributed by atoms with E-state index in [2.05, 4.69) is 20.8 Å². The van der Waals surface area contributed by atoms with Gasteiger partial charge in [0.25, 0.3) is 0 Å². The van der Waals surface area contributed by atoms with Crippen molar-refractivity contribution in [1.82, 2.24) is 0 Å². The van der Waals surface area contributed by atoms with Crippen LogP contribution >= 0.6 is 0 Å². The topological polar surface area (TPSA) is 29.5 Å². The summed E-state index contributed by atoms with van der Waals surface area (Å²) in [5, 5.41) is 9.30. The molecule has 0 radical (unpaired) electrons. The fraction of sp³-hybridized carbons (Fsp3) is 1.00. The van der Waals surface area contributed by atoms with E-state index in [0.29, 0.717) is 12.0 Å². The average molecular weight is 214 g/mol. The van der Waals surface area contributed by atoms with Crippen molar-refractivity contribution in [3.63, 3.8) is 0 Å². The van der Waals surface area contributed by atoms with Crippen LogP contribution in [0.2, 0.25) is 0 Å². The van der Waals surface area contributed by atoms with Crippen molar-refractivity contribution in [3.05, 3.63) is 0 Å². The van der Waals surface area contributed by atoms with Gasteiger partial charge in [-0.3, -0.25) is 0 Å². The average Bonchev–Trinajstić information content (AvgIpc) is 2.47. The molecule has 15 heavy (non-hydrogen) atoms. The first-order valence-corrected chi connectivity index (χ1v) is 6.15. The third-order valence-electron chi connectivity index (χ3n) is 3.00. The summed E-state index contributed by atoms with van der Waals surface area (Å²) in [6, 6.07) is 0. The van der Waals surface area contributed by atoms with Crippen molar-refractivity contribution in [2.24, 2.45) is 5.41 Å². The Hall–Kier alpha value is -0.0800. The van der Waals surface area contributed by atoms with Gasteiger partial charge in [-0.2, -0.15) is 0 Å². The zero-order chi connectivity index (χ0) is 11.5. The molecule has 1 rings (SSSR count). The predicted octanol–water partition coefficient (Wildman–Crippen LogP) is 3.13. The van der Waals surface area contributed by atoms with Crippen molar-refractivity contribution >= 4 is 0 Å². The van der Waals surface area contributed by atoms with Crippen molar-refractivity contribution in [1.29, 1.82) is 0 Å². The Bertz CT molecular complexity index is 185. The first-order valence-electron chi connectivity index (χ1n) is 6.15. The van der Waals surface area contributed by atoms with E-state index >= 15 is 0 Å². The minimum absolute atomic E-state index is 0.0508. The number of rotatable bonds is 4. The lowest BCUT2D eigenvalue weighted by Crippen LogP contribution is -2.36. The molecule has 0 saturated heterocycles. The first-order chi connectivity index (χ1) is 6.83. The lowest BCUT2D eigenvalue weighted by Gasteiger charge is -2.36. The van der Waals surface area contributed by atoms with Gasteiger partial charge in [-0.1, -0.05) is 33.6 Å². The highest BCUT2D eigenvalue weighted by Gasteiger charge is 2.38. The summed E-state index contributed by atoms with van der Waals surface area (Å²) in [4.78, 5) is 0. The molecular weight excluding hydrogens is 188 g/mol. The molecule has 0 heterocycles. The highest BCUT2D eigenvalue weighted by molar-refractivity contribution is 4.90. The van der Waals surface area contributed by atoms with E-state index in [1.807, 2.05) is 0 Å². The minimum Gasteiger partial charge on any atom is -0.391 e. The molecule has 2 heteroatoms. The van der Waals surface area contributed by atoms with Gasteiger partial charge in [0.05, 0.1) is 18.3 Å². The number of hydrogen-bond donors (Lipinski definition) is 1. The molecule has 0 amide bonds. The maximum Gasteiger partial charge on any atom is 0.0745 e. The summed E-state index contributed by atoms with van der Waals surface area (Å²) in [6.07, 6.45) is 5.63. The largest absolute Gasteiger partial charge is 0.391 e. The summed E-state index contributed by atoms with van der Waals surface area (Å²) in [7, 11) is 0. The molecule has 0 bridgehead atoms. The second-order valence-corrected chi connectivity index (χ2v) is 6.29. The lowest BCUT2D eigenvalue weighted by molar-refractivity contribution is -0.0914. The molecular formula is C13H26O2. The van der Waals surface area contributed by atoms with Crippen LogP contribution < -0.4 is 0 Å². The van der Waals surface area contributed by atoms with Gasteiger partial charge in [-0.05, 0) is 31.6 Å². The molecule has 1 unspecified atom stereocenters. The zero-order valence-corrected chi connectivity index (χ0v) is 10.7. The number of ether oxygens (including phenoxy) is 1. The minimum atomic E-state index is -0.345. The SMILES string of the molecule is CC(O)COC1(CC(C)(C)C)CCCC1. The van der Waals surface area contributed by atoms with Crippen LogP contribution in [-0.2, 0) is 4.74 Å². The van der Waals surface area contributed by atoms with E-state index < -0.39 is 0 Å². The Morgan fingerprint density at radius 1 is 1.27 bits per heavy atom. The highest BCUT2D eigenvalue weighted by Crippen LogP contribution is 2.41. The van der Waals surface area contributed by atoms with Crippen LogP contribution in [0, 0.1) is 5.41 Å². The van der Waals surface area contributed by atoms with E-state index in [1.54, 1.807) is 6.92 Å². The molecule has 1 atom stereocenters. The molecule has 1 aliphatic carbocycles. The van der Waals surface area contributed by atoms with Crippen molar-refractivity contribution in [2.45, 2.75) is 71.5 Å². The fourth-order valence-corrected chi connectivity index (χ4v) is 2.66. The molecule has 1 fully saturated rings. The van der Waals surface area contributed by atoms with Gasteiger partial charge < -0.3 is 9.84 Å². The molecule has 0 aliphatic heterocycles. The number of aliphatic hydroxyl groups excluding tert-OH is 1. The molecule has 2 nitrogen and oxygen atoms in total. The molecule has 1 saturated carbocycles. The molecule has 0 aromatic heterocycles. The molecule has 1 aliphatic rings. The van der Waals surface area contributed by atoms with Crippen LogP contribution in [0.5, 0.6) is 0 Å². The fourth-order valence-electron chi connectivity index (χ4n) is 2.66.